The van der Waals surface area contributed by atoms with E-state index in [1.165, 1.54) is 11.1 Å². The predicted octanol–water partition coefficient (Wildman–Crippen LogP) is 2.06. The summed E-state index contributed by atoms with van der Waals surface area (Å²) in [5.74, 6) is 0. The van der Waals surface area contributed by atoms with Crippen molar-refractivity contribution in [2.45, 2.75) is 26.0 Å². The molecule has 2 atom stereocenters. The van der Waals surface area contributed by atoms with Crippen LogP contribution in [0.2, 0.25) is 0 Å². The summed E-state index contributed by atoms with van der Waals surface area (Å²) in [4.78, 5) is 0. The van der Waals surface area contributed by atoms with Gasteiger partial charge in [0.2, 0.25) is 0 Å². The van der Waals surface area contributed by atoms with Crippen LogP contribution in [0.5, 0.6) is 0 Å². The van der Waals surface area contributed by atoms with Gasteiger partial charge in [0.05, 0.1) is 25.9 Å². The van der Waals surface area contributed by atoms with Gasteiger partial charge in [-0.25, -0.2) is 0 Å². The fraction of sp³-hybridized carbons (Fsp3) is 0.571. The van der Waals surface area contributed by atoms with E-state index in [2.05, 4.69) is 43.4 Å². The first-order chi connectivity index (χ1) is 8.33. The maximum atomic E-state index is 5.81. The number of likely N-dealkylation sites (N-methyl/N-ethyl adjacent to an activating group) is 1. The molecule has 1 N–H and O–H groups in total. The van der Waals surface area contributed by atoms with E-state index in [4.69, 9.17) is 9.47 Å². The smallest absolute Gasteiger partial charge is 0.100 e. The largest absolute Gasteiger partial charge is 0.376 e. The Bertz CT molecular complexity index is 348. The first-order valence-electron chi connectivity index (χ1n) is 6.31. The van der Waals surface area contributed by atoms with Crippen LogP contribution in [0.4, 0.5) is 0 Å². The number of rotatable bonds is 4. The summed E-state index contributed by atoms with van der Waals surface area (Å²) in [6.45, 7) is 7.27. The molecule has 3 heteroatoms. The molecule has 0 spiro atoms. The lowest BCUT2D eigenvalue weighted by molar-refractivity contribution is -0.102. The third-order valence-corrected chi connectivity index (χ3v) is 3.16. The summed E-state index contributed by atoms with van der Waals surface area (Å²) >= 11 is 0. The van der Waals surface area contributed by atoms with Gasteiger partial charge in [-0.15, -0.1) is 0 Å². The molecule has 1 aliphatic rings. The first-order valence-corrected chi connectivity index (χ1v) is 6.31. The molecule has 1 aromatic carbocycles. The van der Waals surface area contributed by atoms with E-state index >= 15 is 0 Å². The normalized spacial score (nSPS) is 22.4. The fourth-order valence-electron chi connectivity index (χ4n) is 2.30. The Morgan fingerprint density at radius 1 is 1.35 bits per heavy atom. The van der Waals surface area contributed by atoms with Crippen LogP contribution in [0.25, 0.3) is 0 Å². The maximum Gasteiger partial charge on any atom is 0.100 e. The Labute approximate surface area is 103 Å². The summed E-state index contributed by atoms with van der Waals surface area (Å²) in [6.07, 6.45) is 0.116. The van der Waals surface area contributed by atoms with E-state index in [0.29, 0.717) is 19.8 Å². The lowest BCUT2D eigenvalue weighted by Crippen LogP contribution is -2.40. The Hall–Kier alpha value is -0.900. The standard InChI is InChI=1S/C14H21NO2/c1-3-15-14(13-10-16-8-9-17-13)12-7-5-4-6-11(12)2/h4-7,13-15H,3,8-10H2,1-2H3. The number of nitrogens with one attached hydrogen (secondary N) is 1. The van der Waals surface area contributed by atoms with Gasteiger partial charge in [-0.1, -0.05) is 31.2 Å². The van der Waals surface area contributed by atoms with Crippen molar-refractivity contribution in [3.63, 3.8) is 0 Å². The summed E-state index contributed by atoms with van der Waals surface area (Å²) < 4.78 is 11.3. The Morgan fingerprint density at radius 3 is 2.82 bits per heavy atom. The number of aryl methyl sites for hydroxylation is 1. The van der Waals surface area contributed by atoms with Crippen LogP contribution in [-0.4, -0.2) is 32.5 Å². The SMILES string of the molecule is CCNC(c1ccccc1C)C1COCCO1. The molecule has 1 aliphatic heterocycles. The van der Waals surface area contributed by atoms with Crippen LogP contribution < -0.4 is 5.32 Å². The average Bonchev–Trinajstić information content (AvgIpc) is 2.38. The minimum atomic E-state index is 0.116. The van der Waals surface area contributed by atoms with Crippen LogP contribution >= 0.6 is 0 Å². The monoisotopic (exact) mass is 235 g/mol. The van der Waals surface area contributed by atoms with Gasteiger partial charge in [0.25, 0.3) is 0 Å². The number of hydrogen-bond donors (Lipinski definition) is 1. The first kappa shape index (κ1) is 12.6. The van der Waals surface area contributed by atoms with E-state index in [1.807, 2.05) is 0 Å². The van der Waals surface area contributed by atoms with Crippen molar-refractivity contribution in [3.8, 4) is 0 Å². The highest BCUT2D eigenvalue weighted by molar-refractivity contribution is 5.29. The van der Waals surface area contributed by atoms with E-state index in [-0.39, 0.29) is 12.1 Å². The molecule has 0 radical (unpaired) electrons. The molecule has 2 unspecified atom stereocenters. The van der Waals surface area contributed by atoms with Crippen LogP contribution in [-0.2, 0) is 9.47 Å². The number of benzene rings is 1. The van der Waals surface area contributed by atoms with Crippen molar-refractivity contribution in [1.82, 2.24) is 5.32 Å². The molecule has 1 aromatic rings. The van der Waals surface area contributed by atoms with Crippen molar-refractivity contribution >= 4 is 0 Å². The van der Waals surface area contributed by atoms with Crippen molar-refractivity contribution in [2.75, 3.05) is 26.4 Å². The van der Waals surface area contributed by atoms with Crippen LogP contribution in [0, 0.1) is 6.92 Å². The third kappa shape index (κ3) is 3.06. The van der Waals surface area contributed by atoms with Gasteiger partial charge in [-0.05, 0) is 24.6 Å². The molecular weight excluding hydrogens is 214 g/mol. The molecule has 0 aliphatic carbocycles. The molecule has 3 nitrogen and oxygen atoms in total. The van der Waals surface area contributed by atoms with Gasteiger partial charge in [-0.2, -0.15) is 0 Å². The van der Waals surface area contributed by atoms with Crippen molar-refractivity contribution in [3.05, 3.63) is 35.4 Å². The highest BCUT2D eigenvalue weighted by Gasteiger charge is 2.26. The topological polar surface area (TPSA) is 30.5 Å². The molecule has 0 bridgehead atoms. The van der Waals surface area contributed by atoms with Gasteiger partial charge in [0.15, 0.2) is 0 Å². The second-order valence-electron chi connectivity index (χ2n) is 4.38. The Morgan fingerprint density at radius 2 is 2.18 bits per heavy atom. The lowest BCUT2D eigenvalue weighted by Gasteiger charge is -2.32. The zero-order valence-electron chi connectivity index (χ0n) is 10.6. The fourth-order valence-corrected chi connectivity index (χ4v) is 2.30. The van der Waals surface area contributed by atoms with E-state index < -0.39 is 0 Å². The van der Waals surface area contributed by atoms with E-state index in [9.17, 15) is 0 Å². The summed E-state index contributed by atoms with van der Waals surface area (Å²) in [6, 6.07) is 8.68. The van der Waals surface area contributed by atoms with Crippen molar-refractivity contribution in [2.24, 2.45) is 0 Å². The summed E-state index contributed by atoms with van der Waals surface area (Å²) in [5.41, 5.74) is 2.61. The van der Waals surface area contributed by atoms with E-state index in [1.54, 1.807) is 0 Å². The molecule has 0 aromatic heterocycles. The molecule has 2 rings (SSSR count). The molecule has 1 saturated heterocycles. The zero-order chi connectivity index (χ0) is 12.1. The number of ether oxygens (including phenoxy) is 2. The minimum Gasteiger partial charge on any atom is -0.376 e. The van der Waals surface area contributed by atoms with Crippen LogP contribution in [0.15, 0.2) is 24.3 Å². The van der Waals surface area contributed by atoms with Gasteiger partial charge < -0.3 is 14.8 Å². The second-order valence-corrected chi connectivity index (χ2v) is 4.38. The quantitative estimate of drug-likeness (QED) is 0.866. The molecule has 17 heavy (non-hydrogen) atoms. The minimum absolute atomic E-state index is 0.116. The zero-order valence-corrected chi connectivity index (χ0v) is 10.6. The van der Waals surface area contributed by atoms with Crippen molar-refractivity contribution < 1.29 is 9.47 Å². The van der Waals surface area contributed by atoms with Crippen LogP contribution in [0.3, 0.4) is 0 Å². The maximum absolute atomic E-state index is 5.81. The van der Waals surface area contributed by atoms with E-state index in [0.717, 1.165) is 6.54 Å². The highest BCUT2D eigenvalue weighted by Crippen LogP contribution is 2.24. The lowest BCUT2D eigenvalue weighted by atomic mass is 9.97. The van der Waals surface area contributed by atoms with Crippen LogP contribution in [0.1, 0.15) is 24.1 Å². The molecular formula is C14H21NO2. The predicted molar refractivity (Wildman–Crippen MR) is 68.2 cm³/mol. The van der Waals surface area contributed by atoms with Gasteiger partial charge in [0.1, 0.15) is 6.10 Å². The molecule has 1 fully saturated rings. The molecule has 0 saturated carbocycles. The van der Waals surface area contributed by atoms with Gasteiger partial charge in [0, 0.05) is 0 Å². The summed E-state index contributed by atoms with van der Waals surface area (Å²) in [5, 5.41) is 3.50. The van der Waals surface area contributed by atoms with Gasteiger partial charge in [-0.3, -0.25) is 0 Å². The molecule has 0 amide bonds. The second kappa shape index (κ2) is 6.15. The third-order valence-electron chi connectivity index (χ3n) is 3.16. The summed E-state index contributed by atoms with van der Waals surface area (Å²) in [7, 11) is 0. The molecule has 1 heterocycles. The highest BCUT2D eigenvalue weighted by atomic mass is 16.6. The van der Waals surface area contributed by atoms with Crippen molar-refractivity contribution in [1.29, 1.82) is 0 Å². The van der Waals surface area contributed by atoms with Gasteiger partial charge >= 0.3 is 0 Å². The Balaban J connectivity index is 2.18. The Kier molecular flexibility index (Phi) is 4.54. The molecule has 94 valence electrons. The average molecular weight is 235 g/mol. The number of hydrogen-bond acceptors (Lipinski definition) is 3.